The molecule has 0 aliphatic heterocycles. The number of hydrogen-bond acceptors (Lipinski definition) is 3. The number of carbonyl (C=O) groups excluding carboxylic acids is 2. The van der Waals surface area contributed by atoms with E-state index in [1.165, 1.54) is 0 Å². The Morgan fingerprint density at radius 2 is 1.67 bits per heavy atom. The molecule has 0 saturated carbocycles. The molecule has 0 aliphatic carbocycles. The van der Waals surface area contributed by atoms with E-state index in [9.17, 15) is 13.8 Å². The van der Waals surface area contributed by atoms with Crippen LogP contribution in [-0.4, -0.2) is 28.3 Å². The third-order valence-electron chi connectivity index (χ3n) is 3.55. The van der Waals surface area contributed by atoms with Gasteiger partial charge in [0.2, 0.25) is 0 Å². The van der Waals surface area contributed by atoms with Crippen molar-refractivity contribution in [2.45, 2.75) is 18.7 Å². The van der Waals surface area contributed by atoms with E-state index in [-0.39, 0.29) is 12.3 Å². The van der Waals surface area contributed by atoms with Gasteiger partial charge in [0.1, 0.15) is 0 Å². The van der Waals surface area contributed by atoms with Crippen molar-refractivity contribution in [1.29, 1.82) is 0 Å². The zero-order valence-corrected chi connectivity index (χ0v) is 14.5. The number of carbonyl (C=O) groups is 2. The van der Waals surface area contributed by atoms with E-state index in [0.29, 0.717) is 10.6 Å². The summed E-state index contributed by atoms with van der Waals surface area (Å²) < 4.78 is 12.0. The standard InChI is InChI=1S/C18H20N2O3S/c1-13-8-9-15(12-14(13)2)20-18(22)17(21)19-10-11-24(23)16-6-4-3-5-7-16/h3-9,12H,10-11H2,1-2H3,(H,19,21)(H,20,22)/t24-/m0/s1. The molecule has 0 heterocycles. The van der Waals surface area contributed by atoms with Gasteiger partial charge in [-0.3, -0.25) is 13.8 Å². The van der Waals surface area contributed by atoms with Gasteiger partial charge in [-0.1, -0.05) is 24.3 Å². The topological polar surface area (TPSA) is 75.3 Å². The highest BCUT2D eigenvalue weighted by Crippen LogP contribution is 2.13. The van der Waals surface area contributed by atoms with Gasteiger partial charge in [-0.05, 0) is 49.2 Å². The van der Waals surface area contributed by atoms with Gasteiger partial charge < -0.3 is 10.6 Å². The predicted octanol–water partition coefficient (Wildman–Crippen LogP) is 2.17. The maximum absolute atomic E-state index is 12.0. The van der Waals surface area contributed by atoms with Crippen molar-refractivity contribution in [2.75, 3.05) is 17.6 Å². The lowest BCUT2D eigenvalue weighted by atomic mass is 10.1. The average Bonchev–Trinajstić information content (AvgIpc) is 2.58. The third kappa shape index (κ3) is 5.03. The molecule has 0 saturated heterocycles. The van der Waals surface area contributed by atoms with E-state index in [1.807, 2.05) is 44.2 Å². The second kappa shape index (κ2) is 8.40. The van der Waals surface area contributed by atoms with Gasteiger partial charge in [-0.15, -0.1) is 0 Å². The van der Waals surface area contributed by atoms with Crippen LogP contribution in [0.15, 0.2) is 53.4 Å². The van der Waals surface area contributed by atoms with Gasteiger partial charge >= 0.3 is 11.8 Å². The van der Waals surface area contributed by atoms with Crippen LogP contribution in [0.3, 0.4) is 0 Å². The van der Waals surface area contributed by atoms with Gasteiger partial charge in [0.25, 0.3) is 0 Å². The van der Waals surface area contributed by atoms with Gasteiger partial charge in [0.15, 0.2) is 0 Å². The molecule has 0 spiro atoms. The SMILES string of the molecule is Cc1ccc(NC(=O)C(=O)NCC[S@](=O)c2ccccc2)cc1C. The molecule has 2 aromatic carbocycles. The summed E-state index contributed by atoms with van der Waals surface area (Å²) in [7, 11) is -1.20. The molecule has 2 aromatic rings. The number of benzene rings is 2. The fourth-order valence-electron chi connectivity index (χ4n) is 2.03. The zero-order chi connectivity index (χ0) is 17.5. The van der Waals surface area contributed by atoms with E-state index in [0.717, 1.165) is 11.1 Å². The van der Waals surface area contributed by atoms with Crippen molar-refractivity contribution < 1.29 is 13.8 Å². The summed E-state index contributed by atoms with van der Waals surface area (Å²) in [5.74, 6) is -1.21. The monoisotopic (exact) mass is 344 g/mol. The van der Waals surface area contributed by atoms with Crippen LogP contribution in [0, 0.1) is 13.8 Å². The fourth-order valence-corrected chi connectivity index (χ4v) is 3.02. The molecular weight excluding hydrogens is 324 g/mol. The van der Waals surface area contributed by atoms with Gasteiger partial charge in [-0.2, -0.15) is 0 Å². The Hall–Kier alpha value is -2.47. The predicted molar refractivity (Wildman–Crippen MR) is 95.3 cm³/mol. The first kappa shape index (κ1) is 17.9. The van der Waals surface area contributed by atoms with Gasteiger partial charge in [0.05, 0.1) is 10.8 Å². The lowest BCUT2D eigenvalue weighted by Crippen LogP contribution is -2.37. The van der Waals surface area contributed by atoms with Crippen molar-refractivity contribution in [3.05, 3.63) is 59.7 Å². The minimum absolute atomic E-state index is 0.167. The third-order valence-corrected chi connectivity index (χ3v) is 4.92. The highest BCUT2D eigenvalue weighted by molar-refractivity contribution is 7.85. The highest BCUT2D eigenvalue weighted by atomic mass is 32.2. The molecule has 0 fully saturated rings. The maximum Gasteiger partial charge on any atom is 0.313 e. The minimum Gasteiger partial charge on any atom is -0.347 e. The van der Waals surface area contributed by atoms with Crippen LogP contribution in [-0.2, 0) is 20.4 Å². The summed E-state index contributed by atoms with van der Waals surface area (Å²) in [6.07, 6.45) is 0. The molecule has 126 valence electrons. The fraction of sp³-hybridized carbons (Fsp3) is 0.222. The molecule has 0 aliphatic rings. The summed E-state index contributed by atoms with van der Waals surface area (Å²) >= 11 is 0. The second-order valence-electron chi connectivity index (χ2n) is 5.37. The molecule has 0 unspecified atom stereocenters. The smallest absolute Gasteiger partial charge is 0.313 e. The molecular formula is C18H20N2O3S. The summed E-state index contributed by atoms with van der Waals surface area (Å²) in [4.78, 5) is 24.4. The van der Waals surface area contributed by atoms with Crippen LogP contribution in [0.1, 0.15) is 11.1 Å². The number of amides is 2. The van der Waals surface area contributed by atoms with Crippen LogP contribution >= 0.6 is 0 Å². The second-order valence-corrected chi connectivity index (χ2v) is 6.94. The van der Waals surface area contributed by atoms with E-state index in [2.05, 4.69) is 10.6 Å². The summed E-state index contributed by atoms with van der Waals surface area (Å²) in [6, 6.07) is 14.4. The Balaban J connectivity index is 1.80. The minimum atomic E-state index is -1.20. The van der Waals surface area contributed by atoms with Crippen LogP contribution in [0.2, 0.25) is 0 Å². The molecule has 2 rings (SSSR count). The molecule has 6 heteroatoms. The Morgan fingerprint density at radius 3 is 2.33 bits per heavy atom. The average molecular weight is 344 g/mol. The van der Waals surface area contributed by atoms with Gasteiger partial charge in [-0.25, -0.2) is 0 Å². The molecule has 5 nitrogen and oxygen atoms in total. The summed E-state index contributed by atoms with van der Waals surface area (Å²) in [5.41, 5.74) is 2.72. The number of nitrogens with one attached hydrogen (secondary N) is 2. The highest BCUT2D eigenvalue weighted by Gasteiger charge is 2.14. The first-order chi connectivity index (χ1) is 11.5. The normalized spacial score (nSPS) is 11.6. The molecule has 24 heavy (non-hydrogen) atoms. The number of hydrogen-bond donors (Lipinski definition) is 2. The van der Waals surface area contributed by atoms with Crippen molar-refractivity contribution in [1.82, 2.24) is 5.32 Å². The van der Waals surface area contributed by atoms with Crippen molar-refractivity contribution in [3.8, 4) is 0 Å². The number of aryl methyl sites for hydroxylation is 2. The first-order valence-corrected chi connectivity index (χ1v) is 8.89. The van der Waals surface area contributed by atoms with Crippen LogP contribution in [0.5, 0.6) is 0 Å². The van der Waals surface area contributed by atoms with E-state index in [1.54, 1.807) is 18.2 Å². The largest absolute Gasteiger partial charge is 0.347 e. The lowest BCUT2D eigenvalue weighted by Gasteiger charge is -2.08. The van der Waals surface area contributed by atoms with Crippen molar-refractivity contribution in [3.63, 3.8) is 0 Å². The molecule has 2 amide bonds. The van der Waals surface area contributed by atoms with E-state index >= 15 is 0 Å². The van der Waals surface area contributed by atoms with Crippen molar-refractivity contribution in [2.24, 2.45) is 0 Å². The van der Waals surface area contributed by atoms with Crippen LogP contribution in [0.25, 0.3) is 0 Å². The number of anilines is 1. The van der Waals surface area contributed by atoms with Crippen LogP contribution in [0.4, 0.5) is 5.69 Å². The van der Waals surface area contributed by atoms with Gasteiger partial charge in [0, 0.05) is 22.9 Å². The Labute approximate surface area is 143 Å². The Kier molecular flexibility index (Phi) is 6.26. The maximum atomic E-state index is 12.0. The summed E-state index contributed by atoms with van der Waals surface area (Å²) in [5, 5.41) is 5.04. The summed E-state index contributed by atoms with van der Waals surface area (Å²) in [6.45, 7) is 4.07. The zero-order valence-electron chi connectivity index (χ0n) is 13.7. The quantitative estimate of drug-likeness (QED) is 0.816. The molecule has 1 atom stereocenters. The number of rotatable bonds is 5. The Morgan fingerprint density at radius 1 is 0.958 bits per heavy atom. The van der Waals surface area contributed by atoms with E-state index < -0.39 is 22.6 Å². The molecule has 0 bridgehead atoms. The van der Waals surface area contributed by atoms with E-state index in [4.69, 9.17) is 0 Å². The van der Waals surface area contributed by atoms with Crippen LogP contribution < -0.4 is 10.6 Å². The molecule has 0 aromatic heterocycles. The first-order valence-electron chi connectivity index (χ1n) is 7.57. The molecule has 2 N–H and O–H groups in total. The van der Waals surface area contributed by atoms with Crippen molar-refractivity contribution >= 4 is 28.3 Å². The molecule has 0 radical (unpaired) electrons. The lowest BCUT2D eigenvalue weighted by molar-refractivity contribution is -0.136. The Bertz CT molecular complexity index is 760.